The molecule has 4 rings (SSSR count). The topological polar surface area (TPSA) is 105 Å². The molecule has 3 aromatic carbocycles. The van der Waals surface area contributed by atoms with E-state index in [1.165, 1.54) is 11.8 Å². The average molecular weight is 628 g/mol. The molecule has 0 aromatic heterocycles. The van der Waals surface area contributed by atoms with Crippen molar-refractivity contribution >= 4 is 39.1 Å². The molecule has 2 atom stereocenters. The summed E-state index contributed by atoms with van der Waals surface area (Å²) in [6.45, 7) is 5.68. The van der Waals surface area contributed by atoms with Gasteiger partial charge in [0.1, 0.15) is 25.8 Å². The second kappa shape index (κ2) is 14.6. The summed E-state index contributed by atoms with van der Waals surface area (Å²) in [5.74, 6) is -0.162. The van der Waals surface area contributed by atoms with Crippen molar-refractivity contribution in [2.75, 3.05) is 29.8 Å². The zero-order valence-electron chi connectivity index (χ0n) is 24.7. The molecule has 11 heteroatoms. The van der Waals surface area contributed by atoms with Crippen LogP contribution in [0.3, 0.4) is 0 Å². The van der Waals surface area contributed by atoms with E-state index in [0.717, 1.165) is 15.4 Å². The van der Waals surface area contributed by atoms with Crippen LogP contribution in [0, 0.1) is 0 Å². The molecule has 3 aromatic rings. The Hall–Kier alpha value is -3.76. The fourth-order valence-electron chi connectivity index (χ4n) is 4.69. The quantitative estimate of drug-likeness (QED) is 0.291. The number of carbonyl (C=O) groups is 2. The number of sulfonamides is 1. The molecular weight excluding hydrogens is 590 g/mol. The first kappa shape index (κ1) is 32.2. The van der Waals surface area contributed by atoms with Crippen molar-refractivity contribution in [1.82, 2.24) is 10.2 Å². The predicted molar refractivity (Wildman–Crippen MR) is 168 cm³/mol. The van der Waals surface area contributed by atoms with Crippen LogP contribution >= 0.6 is 11.6 Å². The van der Waals surface area contributed by atoms with Crippen molar-refractivity contribution in [1.29, 1.82) is 0 Å². The lowest BCUT2D eigenvalue weighted by molar-refractivity contribution is -0.140. The number of benzene rings is 3. The molecule has 0 aliphatic carbocycles. The first-order valence-electron chi connectivity index (χ1n) is 14.4. The Labute approximate surface area is 258 Å². The maximum Gasteiger partial charge on any atom is 0.244 e. The lowest BCUT2D eigenvalue weighted by Gasteiger charge is -2.34. The van der Waals surface area contributed by atoms with Crippen LogP contribution < -0.4 is 19.1 Å². The predicted octanol–water partition coefficient (Wildman–Crippen LogP) is 4.82. The molecule has 0 spiro atoms. The van der Waals surface area contributed by atoms with E-state index in [2.05, 4.69) is 5.32 Å². The van der Waals surface area contributed by atoms with Crippen LogP contribution in [-0.2, 0) is 32.6 Å². The van der Waals surface area contributed by atoms with Gasteiger partial charge in [-0.2, -0.15) is 0 Å². The molecule has 0 unspecified atom stereocenters. The number of nitrogens with one attached hydrogen (secondary N) is 1. The minimum absolute atomic E-state index is 0.0720. The van der Waals surface area contributed by atoms with Gasteiger partial charge < -0.3 is 19.7 Å². The molecule has 1 aliphatic heterocycles. The molecule has 43 heavy (non-hydrogen) atoms. The maximum atomic E-state index is 14.3. The third-order valence-electron chi connectivity index (χ3n) is 7.33. The molecule has 230 valence electrons. The molecule has 0 saturated heterocycles. The zero-order valence-corrected chi connectivity index (χ0v) is 26.2. The lowest BCUT2D eigenvalue weighted by Crippen LogP contribution is -2.54. The molecule has 1 N–H and O–H groups in total. The van der Waals surface area contributed by atoms with Gasteiger partial charge in [-0.25, -0.2) is 8.42 Å². The third kappa shape index (κ3) is 8.42. The number of hydrogen-bond acceptors (Lipinski definition) is 6. The van der Waals surface area contributed by atoms with Gasteiger partial charge >= 0.3 is 0 Å². The molecule has 9 nitrogen and oxygen atoms in total. The molecule has 0 bridgehead atoms. The Morgan fingerprint density at radius 1 is 0.930 bits per heavy atom. The Kier molecular flexibility index (Phi) is 10.9. The number of anilines is 1. The average Bonchev–Trinajstić information content (AvgIpc) is 3.02. The first-order valence-corrected chi connectivity index (χ1v) is 16.4. The van der Waals surface area contributed by atoms with Gasteiger partial charge in [0.15, 0.2) is 11.5 Å². The molecule has 0 fully saturated rings. The summed E-state index contributed by atoms with van der Waals surface area (Å²) >= 11 is 6.12. The van der Waals surface area contributed by atoms with Crippen LogP contribution in [0.2, 0.25) is 5.02 Å². The number of ether oxygens (including phenoxy) is 2. The number of rotatable bonds is 13. The third-order valence-corrected chi connectivity index (χ3v) is 9.32. The normalized spacial score (nSPS) is 14.0. The van der Waals surface area contributed by atoms with E-state index in [4.69, 9.17) is 21.1 Å². The fraction of sp³-hybridized carbons (Fsp3) is 0.375. The Morgan fingerprint density at radius 2 is 1.60 bits per heavy atom. The molecule has 0 saturated carbocycles. The van der Waals surface area contributed by atoms with Crippen LogP contribution in [0.4, 0.5) is 5.69 Å². The van der Waals surface area contributed by atoms with Gasteiger partial charge in [0, 0.05) is 30.1 Å². The van der Waals surface area contributed by atoms with E-state index in [9.17, 15) is 18.0 Å². The Morgan fingerprint density at radius 3 is 2.26 bits per heavy atom. The summed E-state index contributed by atoms with van der Waals surface area (Å²) < 4.78 is 39.1. The van der Waals surface area contributed by atoms with Crippen LogP contribution in [-0.4, -0.2) is 62.7 Å². The summed E-state index contributed by atoms with van der Waals surface area (Å²) in [6.07, 6.45) is 0.953. The van der Waals surface area contributed by atoms with E-state index >= 15 is 0 Å². The smallest absolute Gasteiger partial charge is 0.244 e. The van der Waals surface area contributed by atoms with Gasteiger partial charge in [-0.05, 0) is 55.7 Å². The van der Waals surface area contributed by atoms with E-state index < -0.39 is 28.5 Å². The molecule has 1 heterocycles. The minimum Gasteiger partial charge on any atom is -0.486 e. The van der Waals surface area contributed by atoms with Crippen molar-refractivity contribution in [3.05, 3.63) is 88.9 Å². The molecule has 2 amide bonds. The van der Waals surface area contributed by atoms with Crippen molar-refractivity contribution in [3.8, 4) is 11.5 Å². The van der Waals surface area contributed by atoms with E-state index in [1.54, 1.807) is 42.5 Å². The van der Waals surface area contributed by atoms with E-state index in [1.807, 2.05) is 44.2 Å². The van der Waals surface area contributed by atoms with Gasteiger partial charge in [-0.1, -0.05) is 61.0 Å². The molecular formula is C32H38ClN3O6S. The highest BCUT2D eigenvalue weighted by Crippen LogP contribution is 2.35. The van der Waals surface area contributed by atoms with Crippen molar-refractivity contribution in [2.24, 2.45) is 0 Å². The zero-order chi connectivity index (χ0) is 31.0. The van der Waals surface area contributed by atoms with Crippen molar-refractivity contribution in [2.45, 2.75) is 52.2 Å². The van der Waals surface area contributed by atoms with Gasteiger partial charge in [0.2, 0.25) is 21.8 Å². The highest BCUT2D eigenvalue weighted by Gasteiger charge is 2.34. The fourth-order valence-corrected chi connectivity index (χ4v) is 5.87. The highest BCUT2D eigenvalue weighted by molar-refractivity contribution is 7.92. The molecule has 1 aliphatic rings. The van der Waals surface area contributed by atoms with Crippen LogP contribution in [0.15, 0.2) is 72.8 Å². The highest BCUT2D eigenvalue weighted by atomic mass is 35.5. The number of amides is 2. The second-order valence-electron chi connectivity index (χ2n) is 10.4. The number of hydrogen-bond donors (Lipinski definition) is 1. The number of carbonyl (C=O) groups excluding carboxylic acids is 2. The van der Waals surface area contributed by atoms with Gasteiger partial charge in [0.25, 0.3) is 0 Å². The molecule has 0 radical (unpaired) electrons. The monoisotopic (exact) mass is 627 g/mol. The maximum absolute atomic E-state index is 14.3. The Bertz CT molecular complexity index is 1500. The van der Waals surface area contributed by atoms with Gasteiger partial charge in [-0.3, -0.25) is 13.9 Å². The number of nitrogens with zero attached hydrogens (tertiary/aromatic N) is 2. The summed E-state index contributed by atoms with van der Waals surface area (Å²) in [6, 6.07) is 20.2. The standard InChI is InChI=1S/C32H38ClN3O6S/c1-4-23(3)34-32(38)28(19-24-9-7-6-8-10-24)35(21-25-11-13-26(33)14-12-25)31(37)22-36(43(39,40)5-2)27-15-16-29-30(20-27)42-18-17-41-29/h6-16,20,23,28H,4-5,17-19,21-22H2,1-3H3,(H,34,38)/t23-,28+/m1/s1. The van der Waals surface area contributed by atoms with Crippen LogP contribution in [0.1, 0.15) is 38.3 Å². The van der Waals surface area contributed by atoms with Gasteiger partial charge in [-0.15, -0.1) is 0 Å². The summed E-state index contributed by atoms with van der Waals surface area (Å²) in [5, 5.41) is 3.56. The summed E-state index contributed by atoms with van der Waals surface area (Å²) in [5.41, 5.74) is 1.89. The van der Waals surface area contributed by atoms with Crippen molar-refractivity contribution in [3.63, 3.8) is 0 Å². The largest absolute Gasteiger partial charge is 0.486 e. The van der Waals surface area contributed by atoms with Crippen LogP contribution in [0.5, 0.6) is 11.5 Å². The van der Waals surface area contributed by atoms with E-state index in [-0.39, 0.29) is 36.4 Å². The SMILES string of the molecule is CC[C@@H](C)NC(=O)[C@H](Cc1ccccc1)N(Cc1ccc(Cl)cc1)C(=O)CN(c1ccc2c(c1)OCCO2)S(=O)(=O)CC. The second-order valence-corrected chi connectivity index (χ2v) is 13.0. The summed E-state index contributed by atoms with van der Waals surface area (Å²) in [7, 11) is -3.90. The summed E-state index contributed by atoms with van der Waals surface area (Å²) in [4.78, 5) is 29.5. The van der Waals surface area contributed by atoms with Crippen LogP contribution in [0.25, 0.3) is 0 Å². The first-order chi connectivity index (χ1) is 20.6. The van der Waals surface area contributed by atoms with Crippen molar-refractivity contribution < 1.29 is 27.5 Å². The lowest BCUT2D eigenvalue weighted by atomic mass is 10.0. The van der Waals surface area contributed by atoms with E-state index in [0.29, 0.717) is 36.2 Å². The van der Waals surface area contributed by atoms with Gasteiger partial charge in [0.05, 0.1) is 11.4 Å². The number of halogens is 1. The number of fused-ring (bicyclic) bond motifs is 1. The minimum atomic E-state index is -3.90. The Balaban J connectivity index is 1.75.